The van der Waals surface area contributed by atoms with Gasteiger partial charge in [0.1, 0.15) is 24.1 Å². The highest BCUT2D eigenvalue weighted by Gasteiger charge is 2.10. The summed E-state index contributed by atoms with van der Waals surface area (Å²) in [5.74, 6) is 0.565. The van der Waals surface area contributed by atoms with Gasteiger partial charge in [-0.3, -0.25) is 4.79 Å². The average Bonchev–Trinajstić information content (AvgIpc) is 3.32. The van der Waals surface area contributed by atoms with Gasteiger partial charge in [0.25, 0.3) is 5.91 Å². The first-order valence-corrected chi connectivity index (χ1v) is 8.11. The molecule has 130 valence electrons. The summed E-state index contributed by atoms with van der Waals surface area (Å²) in [6, 6.07) is 15.1. The van der Waals surface area contributed by atoms with Crippen LogP contribution in [0, 0.1) is 0 Å². The summed E-state index contributed by atoms with van der Waals surface area (Å²) >= 11 is 0. The van der Waals surface area contributed by atoms with Crippen LogP contribution in [0.5, 0.6) is 5.75 Å². The highest BCUT2D eigenvalue weighted by molar-refractivity contribution is 6.06. The van der Waals surface area contributed by atoms with Gasteiger partial charge >= 0.3 is 0 Å². The highest BCUT2D eigenvalue weighted by Crippen LogP contribution is 2.22. The predicted octanol–water partition coefficient (Wildman–Crippen LogP) is 3.07. The molecule has 0 atom stereocenters. The Balaban J connectivity index is 1.47. The first-order valence-electron chi connectivity index (χ1n) is 8.11. The molecule has 0 unspecified atom stereocenters. The van der Waals surface area contributed by atoms with E-state index in [2.05, 4.69) is 20.4 Å². The van der Waals surface area contributed by atoms with Crippen LogP contribution in [0.15, 0.2) is 61.2 Å². The number of hydrogen-bond acceptors (Lipinski definition) is 4. The van der Waals surface area contributed by atoms with E-state index in [1.54, 1.807) is 18.1 Å². The number of rotatable bonds is 5. The lowest BCUT2D eigenvalue weighted by Crippen LogP contribution is -2.12. The molecule has 0 saturated carbocycles. The summed E-state index contributed by atoms with van der Waals surface area (Å²) in [4.78, 5) is 19.5. The molecule has 2 aromatic heterocycles. The zero-order valence-electron chi connectivity index (χ0n) is 14.1. The number of fused-ring (bicyclic) bond motifs is 1. The fourth-order valence-corrected chi connectivity index (χ4v) is 2.75. The molecule has 0 aliphatic rings. The highest BCUT2D eigenvalue weighted by atomic mass is 16.5. The third kappa shape index (κ3) is 3.27. The molecule has 4 aromatic rings. The van der Waals surface area contributed by atoms with E-state index < -0.39 is 0 Å². The molecule has 0 aliphatic carbocycles. The van der Waals surface area contributed by atoms with Crippen LogP contribution in [0.25, 0.3) is 10.9 Å². The maximum absolute atomic E-state index is 12.5. The van der Waals surface area contributed by atoms with Crippen molar-refractivity contribution in [3.05, 3.63) is 72.4 Å². The van der Waals surface area contributed by atoms with Gasteiger partial charge in [-0.15, -0.1) is 0 Å². The zero-order valence-corrected chi connectivity index (χ0v) is 14.1. The van der Waals surface area contributed by atoms with Gasteiger partial charge in [-0.1, -0.05) is 12.1 Å². The van der Waals surface area contributed by atoms with E-state index in [1.807, 2.05) is 48.5 Å². The lowest BCUT2D eigenvalue weighted by atomic mass is 10.2. The molecule has 0 saturated heterocycles. The Hall–Kier alpha value is -3.61. The minimum atomic E-state index is -0.191. The lowest BCUT2D eigenvalue weighted by Gasteiger charge is -2.06. The molecule has 7 heteroatoms. The molecule has 0 aliphatic heterocycles. The Kier molecular flexibility index (Phi) is 4.10. The van der Waals surface area contributed by atoms with Gasteiger partial charge in [0.05, 0.1) is 13.7 Å². The molecule has 26 heavy (non-hydrogen) atoms. The number of ether oxygens (including phenoxy) is 1. The van der Waals surface area contributed by atoms with Crippen molar-refractivity contribution < 1.29 is 9.53 Å². The fourth-order valence-electron chi connectivity index (χ4n) is 2.75. The number of methoxy groups -OCH3 is 1. The molecule has 7 nitrogen and oxygen atoms in total. The Bertz CT molecular complexity index is 1040. The largest absolute Gasteiger partial charge is 0.497 e. The molecule has 0 spiro atoms. The second kappa shape index (κ2) is 6.72. The predicted molar refractivity (Wildman–Crippen MR) is 98.4 cm³/mol. The minimum Gasteiger partial charge on any atom is -0.497 e. The summed E-state index contributed by atoms with van der Waals surface area (Å²) in [6.07, 6.45) is 3.17. The number of amides is 1. The van der Waals surface area contributed by atoms with E-state index in [1.165, 1.54) is 6.33 Å². The van der Waals surface area contributed by atoms with Gasteiger partial charge in [0.2, 0.25) is 0 Å². The minimum absolute atomic E-state index is 0.191. The molecule has 0 bridgehead atoms. The smallest absolute Gasteiger partial charge is 0.272 e. The van der Waals surface area contributed by atoms with Gasteiger partial charge in [-0.05, 0) is 42.0 Å². The van der Waals surface area contributed by atoms with Crippen LogP contribution in [-0.4, -0.2) is 32.8 Å². The van der Waals surface area contributed by atoms with E-state index in [9.17, 15) is 4.79 Å². The monoisotopic (exact) mass is 347 g/mol. The van der Waals surface area contributed by atoms with Crippen molar-refractivity contribution in [1.29, 1.82) is 0 Å². The van der Waals surface area contributed by atoms with Gasteiger partial charge in [-0.2, -0.15) is 5.10 Å². The van der Waals surface area contributed by atoms with Crippen LogP contribution < -0.4 is 10.1 Å². The number of aromatic nitrogens is 4. The van der Waals surface area contributed by atoms with E-state index in [4.69, 9.17) is 4.74 Å². The summed E-state index contributed by atoms with van der Waals surface area (Å²) in [5, 5.41) is 7.90. The summed E-state index contributed by atoms with van der Waals surface area (Å²) < 4.78 is 6.95. The van der Waals surface area contributed by atoms with Crippen molar-refractivity contribution >= 4 is 22.5 Å². The third-order valence-electron chi connectivity index (χ3n) is 4.10. The molecule has 0 fully saturated rings. The van der Waals surface area contributed by atoms with Gasteiger partial charge in [0.15, 0.2) is 0 Å². The average molecular weight is 347 g/mol. The van der Waals surface area contributed by atoms with Crippen LogP contribution >= 0.6 is 0 Å². The standard InChI is InChI=1S/C19H17N5O2/c1-26-16-6-7-17-14(8-16)9-18(23-17)19(25)22-15-4-2-13(3-5-15)10-24-12-20-11-21-24/h2-9,11-12,23H,10H2,1H3,(H,22,25). The van der Waals surface area contributed by atoms with Gasteiger partial charge < -0.3 is 15.0 Å². The van der Waals surface area contributed by atoms with Crippen molar-refractivity contribution in [2.75, 3.05) is 12.4 Å². The Labute approximate surface area is 149 Å². The number of hydrogen-bond donors (Lipinski definition) is 2. The maximum atomic E-state index is 12.5. The fraction of sp³-hybridized carbons (Fsp3) is 0.105. The third-order valence-corrected chi connectivity index (χ3v) is 4.10. The van der Waals surface area contributed by atoms with Crippen molar-refractivity contribution in [1.82, 2.24) is 19.7 Å². The van der Waals surface area contributed by atoms with Crippen molar-refractivity contribution in [3.8, 4) is 5.75 Å². The Morgan fingerprint density at radius 3 is 2.77 bits per heavy atom. The Morgan fingerprint density at radius 1 is 1.19 bits per heavy atom. The van der Waals surface area contributed by atoms with Crippen molar-refractivity contribution in [2.24, 2.45) is 0 Å². The molecule has 0 radical (unpaired) electrons. The van der Waals surface area contributed by atoms with Crippen LogP contribution in [0.4, 0.5) is 5.69 Å². The molecule has 4 rings (SSSR count). The van der Waals surface area contributed by atoms with Gasteiger partial charge in [-0.25, -0.2) is 9.67 Å². The Morgan fingerprint density at radius 2 is 2.04 bits per heavy atom. The number of anilines is 1. The molecule has 2 heterocycles. The number of carbonyl (C=O) groups excluding carboxylic acids is 1. The number of benzene rings is 2. The first-order chi connectivity index (χ1) is 12.7. The van der Waals surface area contributed by atoms with Crippen LogP contribution in [-0.2, 0) is 6.54 Å². The number of carbonyl (C=O) groups is 1. The molecular formula is C19H17N5O2. The molecule has 2 aromatic carbocycles. The van der Waals surface area contributed by atoms with E-state index in [-0.39, 0.29) is 5.91 Å². The summed E-state index contributed by atoms with van der Waals surface area (Å²) in [6.45, 7) is 0.637. The topological polar surface area (TPSA) is 84.8 Å². The number of aromatic amines is 1. The van der Waals surface area contributed by atoms with E-state index in [0.29, 0.717) is 12.2 Å². The van der Waals surface area contributed by atoms with Crippen LogP contribution in [0.3, 0.4) is 0 Å². The zero-order chi connectivity index (χ0) is 17.9. The number of nitrogens with zero attached hydrogens (tertiary/aromatic N) is 3. The van der Waals surface area contributed by atoms with Gasteiger partial charge in [0, 0.05) is 16.6 Å². The van der Waals surface area contributed by atoms with Crippen molar-refractivity contribution in [3.63, 3.8) is 0 Å². The number of H-pyrrole nitrogens is 1. The summed E-state index contributed by atoms with van der Waals surface area (Å²) in [5.41, 5.74) is 3.19. The second-order valence-corrected chi connectivity index (χ2v) is 5.88. The van der Waals surface area contributed by atoms with E-state index >= 15 is 0 Å². The van der Waals surface area contributed by atoms with Crippen LogP contribution in [0.1, 0.15) is 16.1 Å². The lowest BCUT2D eigenvalue weighted by molar-refractivity contribution is 0.102. The summed E-state index contributed by atoms with van der Waals surface area (Å²) in [7, 11) is 1.62. The van der Waals surface area contributed by atoms with Crippen LogP contribution in [0.2, 0.25) is 0 Å². The first kappa shape index (κ1) is 15.9. The van der Waals surface area contributed by atoms with E-state index in [0.717, 1.165) is 27.9 Å². The normalized spacial score (nSPS) is 10.8. The second-order valence-electron chi connectivity index (χ2n) is 5.88. The quantitative estimate of drug-likeness (QED) is 0.581. The number of nitrogens with one attached hydrogen (secondary N) is 2. The molecule has 1 amide bonds. The van der Waals surface area contributed by atoms with Crippen molar-refractivity contribution in [2.45, 2.75) is 6.54 Å². The maximum Gasteiger partial charge on any atom is 0.272 e. The molecular weight excluding hydrogens is 330 g/mol. The SMILES string of the molecule is COc1ccc2[nH]c(C(=O)Nc3ccc(Cn4cncn4)cc3)cc2c1. The molecule has 2 N–H and O–H groups in total.